The van der Waals surface area contributed by atoms with Crippen molar-refractivity contribution in [3.8, 4) is 33.4 Å². The molecule has 4 rings (SSSR count). The number of anilines is 3. The molecule has 3 amide bonds. The fourth-order valence-electron chi connectivity index (χ4n) is 6.70. The standard InChI is InChI=1S/C48H63N3O3/c1-4-7-10-13-16-19-46(52)49-43-28-22-37(23-29-43)40-34-41(38-24-30-44(31-25-38)50-47(53)20-17-14-11-8-5-2)36-42(35-40)39-26-32-45(33-27-39)51-48(54)21-18-15-12-9-6-3/h22-36H,4-21H2,1-3H3,(H,49,52)(H,50,53)(H,51,54). The first kappa shape index (κ1) is 42.0. The van der Waals surface area contributed by atoms with Gasteiger partial charge in [0, 0.05) is 36.3 Å². The van der Waals surface area contributed by atoms with Crippen LogP contribution in [-0.4, -0.2) is 17.7 Å². The summed E-state index contributed by atoms with van der Waals surface area (Å²) in [5, 5.41) is 9.19. The minimum atomic E-state index is 0.0572. The fraction of sp³-hybridized carbons (Fsp3) is 0.438. The van der Waals surface area contributed by atoms with E-state index in [1.807, 2.05) is 36.4 Å². The van der Waals surface area contributed by atoms with Gasteiger partial charge in [0.15, 0.2) is 0 Å². The van der Waals surface area contributed by atoms with Gasteiger partial charge in [0.1, 0.15) is 0 Å². The van der Waals surface area contributed by atoms with Crippen LogP contribution in [0.5, 0.6) is 0 Å². The van der Waals surface area contributed by atoms with Crippen molar-refractivity contribution >= 4 is 34.8 Å². The Morgan fingerprint density at radius 2 is 0.574 bits per heavy atom. The lowest BCUT2D eigenvalue weighted by atomic mass is 9.93. The molecule has 0 aliphatic heterocycles. The zero-order chi connectivity index (χ0) is 38.4. The monoisotopic (exact) mass is 729 g/mol. The summed E-state index contributed by atoms with van der Waals surface area (Å²) in [6, 6.07) is 30.7. The van der Waals surface area contributed by atoms with Gasteiger partial charge in [0.05, 0.1) is 0 Å². The number of nitrogens with one attached hydrogen (secondary N) is 3. The quantitative estimate of drug-likeness (QED) is 0.0628. The van der Waals surface area contributed by atoms with Crippen LogP contribution in [0.4, 0.5) is 17.1 Å². The maximum absolute atomic E-state index is 12.6. The highest BCUT2D eigenvalue weighted by atomic mass is 16.2. The highest BCUT2D eigenvalue weighted by Crippen LogP contribution is 2.34. The van der Waals surface area contributed by atoms with Gasteiger partial charge in [-0.2, -0.15) is 0 Å². The molecular formula is C48H63N3O3. The molecule has 0 aliphatic carbocycles. The Bertz CT molecular complexity index is 1500. The van der Waals surface area contributed by atoms with Gasteiger partial charge in [-0.1, -0.05) is 134 Å². The number of carbonyl (C=O) groups excluding carboxylic acids is 3. The SMILES string of the molecule is CCCCCCCC(=O)Nc1ccc(-c2cc(-c3ccc(NC(=O)CCCCCCC)cc3)cc(-c3ccc(NC(=O)CCCCCCC)cc3)c2)cc1. The summed E-state index contributed by atoms with van der Waals surface area (Å²) >= 11 is 0. The van der Waals surface area contributed by atoms with Gasteiger partial charge in [0.25, 0.3) is 0 Å². The van der Waals surface area contributed by atoms with E-state index in [0.29, 0.717) is 19.3 Å². The highest BCUT2D eigenvalue weighted by molar-refractivity contribution is 5.93. The van der Waals surface area contributed by atoms with E-state index in [9.17, 15) is 14.4 Å². The second kappa shape index (κ2) is 23.9. The van der Waals surface area contributed by atoms with Gasteiger partial charge in [-0.05, 0) is 107 Å². The van der Waals surface area contributed by atoms with Crippen molar-refractivity contribution in [1.29, 1.82) is 0 Å². The molecule has 0 aliphatic rings. The molecule has 54 heavy (non-hydrogen) atoms. The van der Waals surface area contributed by atoms with Crippen molar-refractivity contribution < 1.29 is 14.4 Å². The van der Waals surface area contributed by atoms with Crippen molar-refractivity contribution in [3.05, 3.63) is 91.0 Å². The third-order valence-electron chi connectivity index (χ3n) is 9.96. The van der Waals surface area contributed by atoms with E-state index in [1.54, 1.807) is 0 Å². The van der Waals surface area contributed by atoms with E-state index in [2.05, 4.69) is 91.3 Å². The molecule has 6 nitrogen and oxygen atoms in total. The van der Waals surface area contributed by atoms with E-state index in [-0.39, 0.29) is 17.7 Å². The van der Waals surface area contributed by atoms with E-state index < -0.39 is 0 Å². The topological polar surface area (TPSA) is 87.3 Å². The van der Waals surface area contributed by atoms with Gasteiger partial charge < -0.3 is 16.0 Å². The van der Waals surface area contributed by atoms with Crippen LogP contribution in [0.1, 0.15) is 136 Å². The van der Waals surface area contributed by atoms with Crippen LogP contribution in [0.2, 0.25) is 0 Å². The molecule has 0 aromatic heterocycles. The Hall–Kier alpha value is -4.71. The first-order chi connectivity index (χ1) is 26.4. The summed E-state index contributed by atoms with van der Waals surface area (Å²) in [6.45, 7) is 6.59. The van der Waals surface area contributed by atoms with Crippen LogP contribution in [0, 0.1) is 0 Å². The number of amides is 3. The molecule has 0 atom stereocenters. The molecule has 0 saturated heterocycles. The lowest BCUT2D eigenvalue weighted by molar-refractivity contribution is -0.117. The average Bonchev–Trinajstić information content (AvgIpc) is 3.18. The molecular weight excluding hydrogens is 667 g/mol. The number of benzene rings is 4. The lowest BCUT2D eigenvalue weighted by Gasteiger charge is -2.13. The molecule has 0 bridgehead atoms. The van der Waals surface area contributed by atoms with E-state index in [4.69, 9.17) is 0 Å². The van der Waals surface area contributed by atoms with Gasteiger partial charge >= 0.3 is 0 Å². The predicted molar refractivity (Wildman–Crippen MR) is 229 cm³/mol. The molecule has 0 spiro atoms. The Balaban J connectivity index is 1.50. The van der Waals surface area contributed by atoms with Gasteiger partial charge in [-0.25, -0.2) is 0 Å². The van der Waals surface area contributed by atoms with Crippen LogP contribution >= 0.6 is 0 Å². The molecule has 0 unspecified atom stereocenters. The smallest absolute Gasteiger partial charge is 0.224 e. The van der Waals surface area contributed by atoms with Crippen molar-refractivity contribution in [2.45, 2.75) is 136 Å². The molecule has 4 aromatic carbocycles. The van der Waals surface area contributed by atoms with Crippen molar-refractivity contribution in [3.63, 3.8) is 0 Å². The zero-order valence-electron chi connectivity index (χ0n) is 33.1. The number of unbranched alkanes of at least 4 members (excludes halogenated alkanes) is 12. The third kappa shape index (κ3) is 15.0. The second-order valence-electron chi connectivity index (χ2n) is 14.7. The van der Waals surface area contributed by atoms with Crippen LogP contribution in [-0.2, 0) is 14.4 Å². The van der Waals surface area contributed by atoms with Crippen LogP contribution in [0.25, 0.3) is 33.4 Å². The summed E-state index contributed by atoms with van der Waals surface area (Å²) in [7, 11) is 0. The summed E-state index contributed by atoms with van der Waals surface area (Å²) in [6.07, 6.45) is 18.4. The molecule has 288 valence electrons. The largest absolute Gasteiger partial charge is 0.326 e. The summed E-state index contributed by atoms with van der Waals surface area (Å²) in [5.74, 6) is 0.172. The fourth-order valence-corrected chi connectivity index (χ4v) is 6.70. The van der Waals surface area contributed by atoms with Crippen LogP contribution in [0.15, 0.2) is 91.0 Å². The molecule has 0 fully saturated rings. The third-order valence-corrected chi connectivity index (χ3v) is 9.96. The molecule has 0 saturated carbocycles. The Labute approximate surface area is 324 Å². The molecule has 0 heterocycles. The van der Waals surface area contributed by atoms with Crippen molar-refractivity contribution in [2.24, 2.45) is 0 Å². The van der Waals surface area contributed by atoms with E-state index in [1.165, 1.54) is 57.8 Å². The molecule has 3 N–H and O–H groups in total. The van der Waals surface area contributed by atoms with Crippen LogP contribution in [0.3, 0.4) is 0 Å². The van der Waals surface area contributed by atoms with Crippen molar-refractivity contribution in [2.75, 3.05) is 16.0 Å². The second-order valence-corrected chi connectivity index (χ2v) is 14.7. The summed E-state index contributed by atoms with van der Waals surface area (Å²) < 4.78 is 0. The first-order valence-electron chi connectivity index (χ1n) is 20.7. The average molecular weight is 730 g/mol. The Morgan fingerprint density at radius 1 is 0.333 bits per heavy atom. The molecule has 0 radical (unpaired) electrons. The number of rotatable bonds is 24. The number of hydrogen-bond acceptors (Lipinski definition) is 3. The first-order valence-corrected chi connectivity index (χ1v) is 20.7. The van der Waals surface area contributed by atoms with E-state index >= 15 is 0 Å². The van der Waals surface area contributed by atoms with Gasteiger partial charge in [0.2, 0.25) is 17.7 Å². The maximum atomic E-state index is 12.6. The molecule has 4 aromatic rings. The Kier molecular flexibility index (Phi) is 18.6. The minimum Gasteiger partial charge on any atom is -0.326 e. The number of carbonyl (C=O) groups is 3. The molecule has 6 heteroatoms. The van der Waals surface area contributed by atoms with Crippen molar-refractivity contribution in [1.82, 2.24) is 0 Å². The van der Waals surface area contributed by atoms with Crippen LogP contribution < -0.4 is 16.0 Å². The minimum absolute atomic E-state index is 0.0572. The summed E-state index contributed by atoms with van der Waals surface area (Å²) in [4.78, 5) is 37.7. The lowest BCUT2D eigenvalue weighted by Crippen LogP contribution is -2.10. The van der Waals surface area contributed by atoms with Gasteiger partial charge in [-0.15, -0.1) is 0 Å². The summed E-state index contributed by atoms with van der Waals surface area (Å²) in [5.41, 5.74) is 8.68. The highest BCUT2D eigenvalue weighted by Gasteiger charge is 2.11. The maximum Gasteiger partial charge on any atom is 0.224 e. The van der Waals surface area contributed by atoms with E-state index in [0.717, 1.165) is 89.0 Å². The zero-order valence-corrected chi connectivity index (χ0v) is 33.1. The normalized spacial score (nSPS) is 10.9. The number of hydrogen-bond donors (Lipinski definition) is 3. The predicted octanol–water partition coefficient (Wildman–Crippen LogP) is 13.6. The Morgan fingerprint density at radius 3 is 0.815 bits per heavy atom. The van der Waals surface area contributed by atoms with Gasteiger partial charge in [-0.3, -0.25) is 14.4 Å².